The molecule has 0 saturated carbocycles. The van der Waals surface area contributed by atoms with Crippen molar-refractivity contribution in [2.75, 3.05) is 6.54 Å². The normalized spacial score (nSPS) is 21.8. The lowest BCUT2D eigenvalue weighted by Gasteiger charge is -2.34. The predicted octanol–water partition coefficient (Wildman–Crippen LogP) is 3.11. The molecule has 1 unspecified atom stereocenters. The molecule has 1 heterocycles. The van der Waals surface area contributed by atoms with Gasteiger partial charge in [0.25, 0.3) is 0 Å². The number of carbonyl (C=O) groups excluding carboxylic acids is 1. The Morgan fingerprint density at radius 3 is 2.53 bits per heavy atom. The zero-order chi connectivity index (χ0) is 12.9. The zero-order valence-electron chi connectivity index (χ0n) is 11.3. The lowest BCUT2D eigenvalue weighted by Crippen LogP contribution is -2.47. The first kappa shape index (κ1) is 14.0. The molecule has 3 heteroatoms. The van der Waals surface area contributed by atoms with Crippen LogP contribution in [0.15, 0.2) is 0 Å². The molecule has 17 heavy (non-hydrogen) atoms. The van der Waals surface area contributed by atoms with E-state index in [4.69, 9.17) is 0 Å². The first-order chi connectivity index (χ1) is 8.11. The molecule has 3 nitrogen and oxygen atoms in total. The molecule has 0 bridgehead atoms. The summed E-state index contributed by atoms with van der Waals surface area (Å²) in [6.45, 7) is 6.81. The Bertz CT molecular complexity index is 302. The second kappa shape index (κ2) is 6.05. The van der Waals surface area contributed by atoms with Gasteiger partial charge in [0.2, 0.25) is 5.91 Å². The molecule has 1 amide bonds. The average molecular weight is 236 g/mol. The molecule has 1 aliphatic rings. The van der Waals surface area contributed by atoms with Gasteiger partial charge in [-0.2, -0.15) is 5.26 Å². The third-order valence-corrected chi connectivity index (χ3v) is 4.14. The fraction of sp³-hybridized carbons (Fsp3) is 0.857. The van der Waals surface area contributed by atoms with Crippen molar-refractivity contribution >= 4 is 5.91 Å². The summed E-state index contributed by atoms with van der Waals surface area (Å²) in [6.07, 6.45) is 5.77. The highest BCUT2D eigenvalue weighted by atomic mass is 16.2. The molecule has 1 fully saturated rings. The lowest BCUT2D eigenvalue weighted by atomic mass is 9.82. The van der Waals surface area contributed by atoms with Crippen LogP contribution in [0.5, 0.6) is 0 Å². The quantitative estimate of drug-likeness (QED) is 0.755. The largest absolute Gasteiger partial charge is 0.339 e. The number of nitrogens with zero attached hydrogens (tertiary/aromatic N) is 2. The first-order valence-corrected chi connectivity index (χ1v) is 6.83. The minimum atomic E-state index is -0.793. The standard InChI is InChI=1S/C14H24N2O/c1-4-14(5-2,11-15)13(17)16-10-8-6-7-9-12(16)3/h12H,4-10H2,1-3H3. The molecule has 1 aliphatic heterocycles. The van der Waals surface area contributed by atoms with Crippen LogP contribution in [0, 0.1) is 16.7 Å². The van der Waals surface area contributed by atoms with E-state index in [1.165, 1.54) is 12.8 Å². The molecular formula is C14H24N2O. The Balaban J connectivity index is 2.89. The van der Waals surface area contributed by atoms with E-state index < -0.39 is 5.41 Å². The molecule has 0 aromatic rings. The highest BCUT2D eigenvalue weighted by Gasteiger charge is 2.39. The Kier molecular flexibility index (Phi) is 4.99. The maximum absolute atomic E-state index is 12.6. The zero-order valence-corrected chi connectivity index (χ0v) is 11.3. The summed E-state index contributed by atoms with van der Waals surface area (Å²) in [4.78, 5) is 14.5. The van der Waals surface area contributed by atoms with E-state index in [9.17, 15) is 10.1 Å². The van der Waals surface area contributed by atoms with Crippen LogP contribution in [0.1, 0.15) is 59.3 Å². The minimum absolute atomic E-state index is 0.0550. The fourth-order valence-corrected chi connectivity index (χ4v) is 2.61. The van der Waals surface area contributed by atoms with E-state index in [1.54, 1.807) is 0 Å². The van der Waals surface area contributed by atoms with Crippen LogP contribution in [0.4, 0.5) is 0 Å². The summed E-state index contributed by atoms with van der Waals surface area (Å²) in [5.74, 6) is 0.0550. The smallest absolute Gasteiger partial charge is 0.243 e. The number of likely N-dealkylation sites (tertiary alicyclic amines) is 1. The van der Waals surface area contributed by atoms with Gasteiger partial charge in [0.05, 0.1) is 6.07 Å². The summed E-state index contributed by atoms with van der Waals surface area (Å²) in [6, 6.07) is 2.55. The van der Waals surface area contributed by atoms with Crippen molar-refractivity contribution in [2.45, 2.75) is 65.3 Å². The SMILES string of the molecule is CCC(C#N)(CC)C(=O)N1CCCCCC1C. The van der Waals surface area contributed by atoms with Crippen molar-refractivity contribution in [3.05, 3.63) is 0 Å². The van der Waals surface area contributed by atoms with E-state index in [0.29, 0.717) is 12.8 Å². The first-order valence-electron chi connectivity index (χ1n) is 6.83. The fourth-order valence-electron chi connectivity index (χ4n) is 2.61. The number of nitriles is 1. The Morgan fingerprint density at radius 1 is 1.35 bits per heavy atom. The predicted molar refractivity (Wildman–Crippen MR) is 68.3 cm³/mol. The molecule has 0 aliphatic carbocycles. The summed E-state index contributed by atoms with van der Waals surface area (Å²) in [5, 5.41) is 9.34. The van der Waals surface area contributed by atoms with Gasteiger partial charge in [-0.1, -0.05) is 26.7 Å². The molecule has 96 valence electrons. The van der Waals surface area contributed by atoms with Gasteiger partial charge in [-0.15, -0.1) is 0 Å². The number of hydrogen-bond donors (Lipinski definition) is 0. The molecule has 1 rings (SSSR count). The van der Waals surface area contributed by atoms with E-state index >= 15 is 0 Å². The van der Waals surface area contributed by atoms with Crippen LogP contribution in [0.2, 0.25) is 0 Å². The van der Waals surface area contributed by atoms with Crippen molar-refractivity contribution in [2.24, 2.45) is 5.41 Å². The molecule has 0 spiro atoms. The maximum atomic E-state index is 12.6. The second-order valence-corrected chi connectivity index (χ2v) is 5.10. The molecule has 0 radical (unpaired) electrons. The van der Waals surface area contributed by atoms with E-state index in [2.05, 4.69) is 13.0 Å². The van der Waals surface area contributed by atoms with Gasteiger partial charge in [0.1, 0.15) is 5.41 Å². The van der Waals surface area contributed by atoms with E-state index in [0.717, 1.165) is 19.4 Å². The minimum Gasteiger partial charge on any atom is -0.339 e. The van der Waals surface area contributed by atoms with Gasteiger partial charge < -0.3 is 4.90 Å². The Hall–Kier alpha value is -1.04. The summed E-state index contributed by atoms with van der Waals surface area (Å²) < 4.78 is 0. The van der Waals surface area contributed by atoms with Gasteiger partial charge in [0.15, 0.2) is 0 Å². The monoisotopic (exact) mass is 236 g/mol. The number of carbonyl (C=O) groups is 1. The van der Waals surface area contributed by atoms with E-state index in [-0.39, 0.29) is 11.9 Å². The van der Waals surface area contributed by atoms with Crippen LogP contribution >= 0.6 is 0 Å². The average Bonchev–Trinajstić information content (AvgIpc) is 2.56. The van der Waals surface area contributed by atoms with E-state index in [1.807, 2.05) is 18.7 Å². The van der Waals surface area contributed by atoms with Gasteiger partial charge in [-0.3, -0.25) is 4.79 Å². The number of hydrogen-bond acceptors (Lipinski definition) is 2. The number of rotatable bonds is 3. The maximum Gasteiger partial charge on any atom is 0.243 e. The van der Waals surface area contributed by atoms with Crippen molar-refractivity contribution in [1.29, 1.82) is 5.26 Å². The molecule has 0 N–H and O–H groups in total. The second-order valence-electron chi connectivity index (χ2n) is 5.10. The molecule has 1 atom stereocenters. The van der Waals surface area contributed by atoms with Crippen LogP contribution in [0.25, 0.3) is 0 Å². The summed E-state index contributed by atoms with van der Waals surface area (Å²) >= 11 is 0. The van der Waals surface area contributed by atoms with Crippen LogP contribution in [-0.4, -0.2) is 23.4 Å². The summed E-state index contributed by atoms with van der Waals surface area (Å²) in [5.41, 5.74) is -0.793. The highest BCUT2D eigenvalue weighted by Crippen LogP contribution is 2.30. The number of amides is 1. The van der Waals surface area contributed by atoms with Crippen molar-refractivity contribution in [1.82, 2.24) is 4.90 Å². The molecular weight excluding hydrogens is 212 g/mol. The van der Waals surface area contributed by atoms with Crippen LogP contribution in [-0.2, 0) is 4.79 Å². The van der Waals surface area contributed by atoms with Gasteiger partial charge in [-0.25, -0.2) is 0 Å². The van der Waals surface area contributed by atoms with Gasteiger partial charge in [0, 0.05) is 12.6 Å². The van der Waals surface area contributed by atoms with Gasteiger partial charge >= 0.3 is 0 Å². The van der Waals surface area contributed by atoms with Crippen LogP contribution < -0.4 is 0 Å². The Labute approximate surface area is 105 Å². The molecule has 0 aromatic carbocycles. The third kappa shape index (κ3) is 2.80. The Morgan fingerprint density at radius 2 is 2.00 bits per heavy atom. The van der Waals surface area contributed by atoms with Crippen molar-refractivity contribution in [3.63, 3.8) is 0 Å². The summed E-state index contributed by atoms with van der Waals surface area (Å²) in [7, 11) is 0. The third-order valence-electron chi connectivity index (χ3n) is 4.14. The highest BCUT2D eigenvalue weighted by molar-refractivity contribution is 5.85. The van der Waals surface area contributed by atoms with Crippen molar-refractivity contribution in [3.8, 4) is 6.07 Å². The van der Waals surface area contributed by atoms with Crippen molar-refractivity contribution < 1.29 is 4.79 Å². The van der Waals surface area contributed by atoms with Crippen LogP contribution in [0.3, 0.4) is 0 Å². The molecule has 1 saturated heterocycles. The molecule has 0 aromatic heterocycles. The topological polar surface area (TPSA) is 44.1 Å². The lowest BCUT2D eigenvalue weighted by molar-refractivity contribution is -0.141. The van der Waals surface area contributed by atoms with Gasteiger partial charge in [-0.05, 0) is 32.6 Å².